The summed E-state index contributed by atoms with van der Waals surface area (Å²) in [6.45, 7) is 0. The highest BCUT2D eigenvalue weighted by Crippen LogP contribution is 2.49. The topological polar surface area (TPSA) is 106 Å². The molecule has 0 bridgehead atoms. The molecule has 2 aromatic heterocycles. The third-order valence-electron chi connectivity index (χ3n) is 5.76. The van der Waals surface area contributed by atoms with Gasteiger partial charge in [-0.05, 0) is 24.8 Å². The van der Waals surface area contributed by atoms with Gasteiger partial charge in [0.05, 0.1) is 17.0 Å². The molecule has 7 nitrogen and oxygen atoms in total. The smallest absolute Gasteiger partial charge is 0.265 e. The van der Waals surface area contributed by atoms with Gasteiger partial charge in [-0.3, -0.25) is 9.59 Å². The van der Waals surface area contributed by atoms with Gasteiger partial charge in [-0.25, -0.2) is 14.5 Å². The van der Waals surface area contributed by atoms with Crippen molar-refractivity contribution in [1.29, 1.82) is 0 Å². The van der Waals surface area contributed by atoms with E-state index < -0.39 is 5.91 Å². The van der Waals surface area contributed by atoms with Crippen LogP contribution in [-0.4, -0.2) is 31.2 Å². The Morgan fingerprint density at radius 2 is 2.07 bits per heavy atom. The number of carbonyl (C=O) groups is 1. The van der Waals surface area contributed by atoms with Crippen LogP contribution in [-0.2, 0) is 16.6 Å². The van der Waals surface area contributed by atoms with E-state index in [1.807, 2.05) is 18.2 Å². The molecule has 0 unspecified atom stereocenters. The van der Waals surface area contributed by atoms with Crippen LogP contribution >= 0.6 is 11.8 Å². The highest BCUT2D eigenvalue weighted by Gasteiger charge is 2.44. The normalized spacial score (nSPS) is 17.2. The van der Waals surface area contributed by atoms with Crippen molar-refractivity contribution in [3.8, 4) is 11.3 Å². The predicted molar refractivity (Wildman–Crippen MR) is 103 cm³/mol. The molecule has 1 spiro atoms. The summed E-state index contributed by atoms with van der Waals surface area (Å²) in [5, 5.41) is 7.47. The van der Waals surface area contributed by atoms with Crippen molar-refractivity contribution in [2.75, 3.05) is 5.75 Å². The number of aromatic amines is 1. The Balaban J connectivity index is 1.79. The predicted octanol–water partition coefficient (Wildman–Crippen LogP) is 2.03. The fourth-order valence-electron chi connectivity index (χ4n) is 4.66. The maximum Gasteiger partial charge on any atom is 0.265 e. The SMILES string of the molecule is NC(=O)CSc1n[nH]c2nc3c(c(=O)n12)C1(CCCC1)Cc1ccccc1-3. The van der Waals surface area contributed by atoms with Crippen LogP contribution in [0.2, 0.25) is 0 Å². The van der Waals surface area contributed by atoms with Gasteiger partial charge in [-0.15, -0.1) is 5.10 Å². The number of primary amides is 1. The summed E-state index contributed by atoms with van der Waals surface area (Å²) in [5.74, 6) is 0.0177. The Morgan fingerprint density at radius 1 is 1.30 bits per heavy atom. The summed E-state index contributed by atoms with van der Waals surface area (Å²) in [4.78, 5) is 29.6. The van der Waals surface area contributed by atoms with Crippen LogP contribution in [0, 0.1) is 0 Å². The number of benzene rings is 1. The summed E-state index contributed by atoms with van der Waals surface area (Å²) in [5.41, 5.74) is 8.89. The third kappa shape index (κ3) is 2.43. The summed E-state index contributed by atoms with van der Waals surface area (Å²) >= 11 is 1.15. The monoisotopic (exact) mass is 381 g/mol. The molecule has 1 saturated carbocycles. The molecule has 3 aromatic rings. The molecule has 8 heteroatoms. The largest absolute Gasteiger partial charge is 0.369 e. The third-order valence-corrected chi connectivity index (χ3v) is 6.72. The lowest BCUT2D eigenvalue weighted by molar-refractivity contribution is -0.115. The van der Waals surface area contributed by atoms with Gasteiger partial charge in [0.2, 0.25) is 11.7 Å². The first-order valence-electron chi connectivity index (χ1n) is 9.10. The first kappa shape index (κ1) is 16.6. The summed E-state index contributed by atoms with van der Waals surface area (Å²) < 4.78 is 1.50. The molecule has 1 aromatic carbocycles. The molecule has 0 atom stereocenters. The molecule has 2 aliphatic rings. The van der Waals surface area contributed by atoms with Crippen LogP contribution in [0.3, 0.4) is 0 Å². The van der Waals surface area contributed by atoms with E-state index in [1.54, 1.807) is 0 Å². The van der Waals surface area contributed by atoms with Crippen molar-refractivity contribution in [1.82, 2.24) is 19.6 Å². The molecule has 138 valence electrons. The molecular formula is C19H19N5O2S. The van der Waals surface area contributed by atoms with Gasteiger partial charge in [0, 0.05) is 11.0 Å². The van der Waals surface area contributed by atoms with Gasteiger partial charge in [0.25, 0.3) is 5.56 Å². The molecule has 3 N–H and O–H groups in total. The Hall–Kier alpha value is -2.61. The molecule has 2 heterocycles. The van der Waals surface area contributed by atoms with Crippen LogP contribution in [0.15, 0.2) is 34.2 Å². The number of hydrogen-bond donors (Lipinski definition) is 2. The Bertz CT molecular complexity index is 1130. The van der Waals surface area contributed by atoms with Crippen molar-refractivity contribution in [2.45, 2.75) is 42.7 Å². The molecule has 27 heavy (non-hydrogen) atoms. The Labute approximate surface area is 159 Å². The van der Waals surface area contributed by atoms with E-state index in [0.717, 1.165) is 60.7 Å². The molecule has 2 aliphatic carbocycles. The number of fused-ring (bicyclic) bond motifs is 5. The zero-order valence-corrected chi connectivity index (χ0v) is 15.5. The summed E-state index contributed by atoms with van der Waals surface area (Å²) in [6.07, 6.45) is 5.12. The van der Waals surface area contributed by atoms with Crippen LogP contribution in [0.5, 0.6) is 0 Å². The number of rotatable bonds is 3. The van der Waals surface area contributed by atoms with Gasteiger partial charge < -0.3 is 5.73 Å². The molecule has 0 saturated heterocycles. The van der Waals surface area contributed by atoms with Gasteiger partial charge in [-0.2, -0.15) is 0 Å². The van der Waals surface area contributed by atoms with Crippen molar-refractivity contribution in [2.24, 2.45) is 5.73 Å². The van der Waals surface area contributed by atoms with Gasteiger partial charge >= 0.3 is 0 Å². The second-order valence-electron chi connectivity index (χ2n) is 7.38. The number of aromatic nitrogens is 4. The van der Waals surface area contributed by atoms with Gasteiger partial charge in [-0.1, -0.05) is 48.9 Å². The second kappa shape index (κ2) is 5.95. The average Bonchev–Trinajstić information content (AvgIpc) is 3.27. The molecule has 0 radical (unpaired) electrons. The second-order valence-corrected chi connectivity index (χ2v) is 8.32. The number of hydrogen-bond acceptors (Lipinski definition) is 5. The minimum Gasteiger partial charge on any atom is -0.369 e. The quantitative estimate of drug-likeness (QED) is 0.675. The fraction of sp³-hybridized carbons (Fsp3) is 0.368. The highest BCUT2D eigenvalue weighted by atomic mass is 32.2. The Kier molecular flexibility index (Phi) is 3.65. The Morgan fingerprint density at radius 3 is 2.85 bits per heavy atom. The van der Waals surface area contributed by atoms with E-state index in [9.17, 15) is 9.59 Å². The minimum atomic E-state index is -0.448. The molecule has 1 amide bonds. The summed E-state index contributed by atoms with van der Waals surface area (Å²) in [7, 11) is 0. The number of thioether (sulfide) groups is 1. The lowest BCUT2D eigenvalue weighted by Gasteiger charge is -2.35. The van der Waals surface area contributed by atoms with Crippen LogP contribution in [0.25, 0.3) is 17.0 Å². The molecule has 1 fully saturated rings. The average molecular weight is 381 g/mol. The van der Waals surface area contributed by atoms with E-state index in [4.69, 9.17) is 10.7 Å². The minimum absolute atomic E-state index is 0.0669. The standard InChI is InChI=1S/C19H19N5O2S/c20-13(25)10-27-18-23-22-17-21-15-12-6-2-1-5-11(12)9-19(7-3-4-8-19)14(15)16(26)24(17)18/h1-2,5-6H,3-4,7-10H2,(H2,20,25)(H,21,22). The van der Waals surface area contributed by atoms with Crippen molar-refractivity contribution >= 4 is 23.4 Å². The molecule has 0 aliphatic heterocycles. The number of H-pyrrole nitrogens is 1. The lowest BCUT2D eigenvalue weighted by atomic mass is 9.68. The first-order valence-corrected chi connectivity index (χ1v) is 10.1. The van der Waals surface area contributed by atoms with E-state index in [1.165, 1.54) is 9.96 Å². The zero-order valence-electron chi connectivity index (χ0n) is 14.7. The van der Waals surface area contributed by atoms with E-state index in [-0.39, 0.29) is 16.7 Å². The first-order chi connectivity index (χ1) is 13.1. The fourth-order valence-corrected chi connectivity index (χ4v) is 5.34. The van der Waals surface area contributed by atoms with Crippen molar-refractivity contribution < 1.29 is 4.79 Å². The number of nitrogens with two attached hydrogens (primary N) is 1. The molecule has 5 rings (SSSR count). The van der Waals surface area contributed by atoms with Crippen LogP contribution in [0.4, 0.5) is 0 Å². The zero-order chi connectivity index (χ0) is 18.6. The molecular weight excluding hydrogens is 362 g/mol. The number of carbonyl (C=O) groups excluding carboxylic acids is 1. The number of nitrogens with one attached hydrogen (secondary N) is 1. The maximum atomic E-state index is 13.6. The lowest BCUT2D eigenvalue weighted by Crippen LogP contribution is -2.38. The van der Waals surface area contributed by atoms with Gasteiger partial charge in [0.1, 0.15) is 0 Å². The number of amides is 1. The van der Waals surface area contributed by atoms with E-state index in [2.05, 4.69) is 16.3 Å². The maximum absolute atomic E-state index is 13.6. The van der Waals surface area contributed by atoms with Gasteiger partial charge in [0.15, 0.2) is 5.16 Å². The summed E-state index contributed by atoms with van der Waals surface area (Å²) in [6, 6.07) is 8.22. The number of nitrogens with zero attached hydrogens (tertiary/aromatic N) is 3. The van der Waals surface area contributed by atoms with E-state index >= 15 is 0 Å². The van der Waals surface area contributed by atoms with Crippen molar-refractivity contribution in [3.63, 3.8) is 0 Å². The van der Waals surface area contributed by atoms with Crippen LogP contribution in [0.1, 0.15) is 36.8 Å². The highest BCUT2D eigenvalue weighted by molar-refractivity contribution is 7.99. The van der Waals surface area contributed by atoms with Crippen LogP contribution < -0.4 is 11.3 Å². The van der Waals surface area contributed by atoms with Crippen molar-refractivity contribution in [3.05, 3.63) is 45.7 Å². The van der Waals surface area contributed by atoms with E-state index in [0.29, 0.717) is 10.9 Å².